The van der Waals surface area contributed by atoms with Crippen molar-refractivity contribution >= 4 is 100 Å². The predicted octanol–water partition coefficient (Wildman–Crippen LogP) is 16.4. The summed E-state index contributed by atoms with van der Waals surface area (Å²) in [5, 5.41) is 10.0. The lowest BCUT2D eigenvalue weighted by Crippen LogP contribution is -2.61. The van der Waals surface area contributed by atoms with Gasteiger partial charge in [0.05, 0.1) is 5.41 Å². The second kappa shape index (κ2) is 14.8. The molecule has 0 N–H and O–H groups in total. The average Bonchev–Trinajstić information content (AvgIpc) is 3.94. The molecule has 0 unspecified atom stereocenters. The van der Waals surface area contributed by atoms with E-state index < -0.39 is 5.41 Å². The minimum atomic E-state index is -0.408. The lowest BCUT2D eigenvalue weighted by atomic mass is 9.33. The normalized spacial score (nSPS) is 14.0. The maximum Gasteiger partial charge on any atom is 0.252 e. The Morgan fingerprint density at radius 1 is 0.270 bits per heavy atom. The molecule has 0 aromatic heterocycles. The zero-order valence-electron chi connectivity index (χ0n) is 40.3. The van der Waals surface area contributed by atoms with Crippen LogP contribution in [0.4, 0.5) is 34.1 Å². The van der Waals surface area contributed by atoms with E-state index in [9.17, 15) is 0 Å². The van der Waals surface area contributed by atoms with Gasteiger partial charge in [0.2, 0.25) is 0 Å². The minimum Gasteiger partial charge on any atom is -0.311 e. The maximum absolute atomic E-state index is 2.57. The molecule has 2 heterocycles. The first kappa shape index (κ1) is 40.2. The summed E-state index contributed by atoms with van der Waals surface area (Å²) in [6.45, 7) is -0.0556. The van der Waals surface area contributed by atoms with E-state index in [1.54, 1.807) is 0 Å². The van der Waals surface area contributed by atoms with Crippen molar-refractivity contribution in [2.45, 2.75) is 5.41 Å². The third-order valence-corrected chi connectivity index (χ3v) is 17.2. The number of anilines is 6. The van der Waals surface area contributed by atoms with Gasteiger partial charge in [0.25, 0.3) is 6.71 Å². The molecule has 2 aliphatic heterocycles. The SMILES string of the molecule is c1ccc(N2c3cc4c(ccc5ccccc54)cc3B3c4cc5ccc6ccccc6c5cc4N(c4ccccc4)c4cc(-c5ccc6c(c5)-c5ccccc5C65c6ccccc6-c6ccccc65)cc2c43)cc1. The molecule has 0 amide bonds. The molecule has 0 fully saturated rings. The summed E-state index contributed by atoms with van der Waals surface area (Å²) in [5.74, 6) is 0. The van der Waals surface area contributed by atoms with Crippen molar-refractivity contribution in [3.8, 4) is 33.4 Å². The monoisotopic (exact) mass is 934 g/mol. The van der Waals surface area contributed by atoms with Gasteiger partial charge in [-0.25, -0.2) is 0 Å². The Balaban J connectivity index is 0.985. The molecule has 13 aromatic carbocycles. The number of rotatable bonds is 3. The van der Waals surface area contributed by atoms with Crippen LogP contribution in [-0.2, 0) is 5.41 Å². The van der Waals surface area contributed by atoms with Crippen molar-refractivity contribution < 1.29 is 0 Å². The van der Waals surface area contributed by atoms with E-state index in [1.165, 1.54) is 138 Å². The van der Waals surface area contributed by atoms with Gasteiger partial charge in [0.1, 0.15) is 0 Å². The summed E-state index contributed by atoms with van der Waals surface area (Å²) in [6, 6.07) is 98.8. The first-order valence-corrected chi connectivity index (χ1v) is 25.9. The lowest BCUT2D eigenvalue weighted by molar-refractivity contribution is 0.794. The van der Waals surface area contributed by atoms with Crippen LogP contribution in [0.1, 0.15) is 22.3 Å². The number of hydrogen-bond donors (Lipinski definition) is 0. The van der Waals surface area contributed by atoms with Crippen molar-refractivity contribution in [3.05, 3.63) is 283 Å². The van der Waals surface area contributed by atoms with Crippen LogP contribution in [0.5, 0.6) is 0 Å². The highest BCUT2D eigenvalue weighted by Gasteiger charge is 2.52. The van der Waals surface area contributed by atoms with E-state index in [0.717, 1.165) is 11.4 Å². The van der Waals surface area contributed by atoms with Crippen LogP contribution in [-0.4, -0.2) is 6.71 Å². The molecule has 17 rings (SSSR count). The van der Waals surface area contributed by atoms with Crippen LogP contribution in [0.3, 0.4) is 0 Å². The molecule has 0 atom stereocenters. The molecular weight excluding hydrogens is 892 g/mol. The molecule has 3 heteroatoms. The number of benzene rings is 13. The molecular formula is C71H43BN2. The summed E-state index contributed by atoms with van der Waals surface area (Å²) in [4.78, 5) is 5.14. The molecule has 1 spiro atoms. The van der Waals surface area contributed by atoms with Gasteiger partial charge in [-0.3, -0.25) is 0 Å². The van der Waals surface area contributed by atoms with E-state index in [1.807, 2.05) is 0 Å². The Bertz CT molecular complexity index is 4340. The minimum absolute atomic E-state index is 0.0556. The third kappa shape index (κ3) is 5.25. The van der Waals surface area contributed by atoms with Crippen molar-refractivity contribution in [1.29, 1.82) is 0 Å². The number of para-hydroxylation sites is 2. The predicted molar refractivity (Wildman–Crippen MR) is 312 cm³/mol. The van der Waals surface area contributed by atoms with Gasteiger partial charge in [-0.05, 0) is 170 Å². The number of hydrogen-bond acceptors (Lipinski definition) is 2. The van der Waals surface area contributed by atoms with E-state index in [2.05, 4.69) is 271 Å². The zero-order valence-corrected chi connectivity index (χ0v) is 40.3. The Morgan fingerprint density at radius 3 is 1.20 bits per heavy atom. The van der Waals surface area contributed by atoms with Crippen LogP contribution >= 0.6 is 0 Å². The van der Waals surface area contributed by atoms with Gasteiger partial charge < -0.3 is 9.80 Å². The Morgan fingerprint density at radius 2 is 0.689 bits per heavy atom. The van der Waals surface area contributed by atoms with Gasteiger partial charge in [-0.15, -0.1) is 0 Å². The standard InChI is InChI=1S/C71H43BN2/c1-3-19-50(20-4-1)73-66-42-57-47(33-31-44-17-7-9-23-52(44)57)38-64(66)72-65-39-48-34-32-45-18-8-10-24-53(45)58(48)43-67(65)74(51-21-5-2-6-22-51)69-41-49(40-68(73)70(69)72)46-35-36-63-59(37-46)56-27-13-16-30-62(56)71(63)60-28-14-11-25-54(60)55-26-12-15-29-61(55)71/h1-43H. The molecule has 74 heavy (non-hydrogen) atoms. The number of nitrogens with zero attached hydrogens (tertiary/aromatic N) is 2. The second-order valence-electron chi connectivity index (χ2n) is 20.7. The average molecular weight is 935 g/mol. The molecule has 13 aromatic rings. The fourth-order valence-electron chi connectivity index (χ4n) is 14.2. The topological polar surface area (TPSA) is 6.48 Å². The van der Waals surface area contributed by atoms with Crippen molar-refractivity contribution in [1.82, 2.24) is 0 Å². The molecule has 0 saturated carbocycles. The molecule has 2 aliphatic carbocycles. The van der Waals surface area contributed by atoms with Gasteiger partial charge >= 0.3 is 0 Å². The van der Waals surface area contributed by atoms with Crippen LogP contribution < -0.4 is 26.2 Å². The lowest BCUT2D eigenvalue weighted by Gasteiger charge is -2.44. The van der Waals surface area contributed by atoms with Gasteiger partial charge in [0, 0.05) is 34.1 Å². The summed E-state index contributed by atoms with van der Waals surface area (Å²) in [7, 11) is 0. The Labute approximate surface area is 429 Å². The summed E-state index contributed by atoms with van der Waals surface area (Å²) < 4.78 is 0. The molecule has 340 valence electrons. The van der Waals surface area contributed by atoms with Crippen LogP contribution in [0.2, 0.25) is 0 Å². The molecule has 0 bridgehead atoms. The third-order valence-electron chi connectivity index (χ3n) is 17.2. The van der Waals surface area contributed by atoms with Crippen LogP contribution in [0.15, 0.2) is 261 Å². The Kier molecular flexibility index (Phi) is 8.05. The zero-order chi connectivity index (χ0) is 48.2. The highest BCUT2D eigenvalue weighted by Crippen LogP contribution is 2.63. The van der Waals surface area contributed by atoms with Crippen molar-refractivity contribution in [2.24, 2.45) is 0 Å². The van der Waals surface area contributed by atoms with E-state index in [0.29, 0.717) is 0 Å². The molecule has 0 radical (unpaired) electrons. The fourth-order valence-corrected chi connectivity index (χ4v) is 14.2. The smallest absolute Gasteiger partial charge is 0.252 e. The first-order valence-electron chi connectivity index (χ1n) is 25.9. The van der Waals surface area contributed by atoms with Gasteiger partial charge in [-0.2, -0.15) is 0 Å². The van der Waals surface area contributed by atoms with Gasteiger partial charge in [-0.1, -0.05) is 206 Å². The second-order valence-corrected chi connectivity index (χ2v) is 20.7. The summed E-state index contributed by atoms with van der Waals surface area (Å²) in [5.41, 5.74) is 23.6. The maximum atomic E-state index is 2.57. The molecule has 0 saturated heterocycles. The Hall–Kier alpha value is -9.44. The largest absolute Gasteiger partial charge is 0.311 e. The first-order chi connectivity index (χ1) is 36.7. The van der Waals surface area contributed by atoms with Crippen LogP contribution in [0, 0.1) is 0 Å². The fraction of sp³-hybridized carbons (Fsp3) is 0.0141. The number of fused-ring (bicyclic) bond motifs is 20. The summed E-state index contributed by atoms with van der Waals surface area (Å²) in [6.07, 6.45) is 0. The van der Waals surface area contributed by atoms with Crippen LogP contribution in [0.25, 0.3) is 76.5 Å². The molecule has 2 nitrogen and oxygen atoms in total. The quantitative estimate of drug-likeness (QED) is 0.129. The van der Waals surface area contributed by atoms with Gasteiger partial charge in [0.15, 0.2) is 0 Å². The highest BCUT2D eigenvalue weighted by atomic mass is 15.2. The van der Waals surface area contributed by atoms with Crippen molar-refractivity contribution in [3.63, 3.8) is 0 Å². The van der Waals surface area contributed by atoms with Crippen molar-refractivity contribution in [2.75, 3.05) is 9.80 Å². The van der Waals surface area contributed by atoms with E-state index in [-0.39, 0.29) is 6.71 Å². The summed E-state index contributed by atoms with van der Waals surface area (Å²) >= 11 is 0. The van der Waals surface area contributed by atoms with E-state index in [4.69, 9.17) is 0 Å². The molecule has 4 aliphatic rings. The van der Waals surface area contributed by atoms with E-state index >= 15 is 0 Å². The highest BCUT2D eigenvalue weighted by molar-refractivity contribution is 7.00.